The quantitative estimate of drug-likeness (QED) is 0.133. The maximum atomic E-state index is 14.5. The van der Waals surface area contributed by atoms with Crippen LogP contribution in [0.25, 0.3) is 10.4 Å². The predicted octanol–water partition coefficient (Wildman–Crippen LogP) is 4.50. The number of aliphatic hydroxyl groups is 1. The zero-order chi connectivity index (χ0) is 22.9. The van der Waals surface area contributed by atoms with Crippen molar-refractivity contribution in [3.05, 3.63) is 51.7 Å². The summed E-state index contributed by atoms with van der Waals surface area (Å²) in [6, 6.07) is 3.15. The van der Waals surface area contributed by atoms with Crippen LogP contribution in [-0.4, -0.2) is 36.4 Å². The van der Waals surface area contributed by atoms with Crippen LogP contribution in [-0.2, 0) is 20.5 Å². The molecule has 0 heterocycles. The summed E-state index contributed by atoms with van der Waals surface area (Å²) in [4.78, 5) is 14.4. The summed E-state index contributed by atoms with van der Waals surface area (Å²) in [5.41, 5.74) is 9.59. The van der Waals surface area contributed by atoms with Gasteiger partial charge in [-0.05, 0) is 56.7 Å². The Hall–Kier alpha value is -2.22. The molecule has 11 heteroatoms. The second-order valence-electron chi connectivity index (χ2n) is 7.65. The van der Waals surface area contributed by atoms with Gasteiger partial charge in [-0.25, -0.2) is 9.48 Å². The van der Waals surface area contributed by atoms with Crippen LogP contribution < -0.4 is 10.4 Å². The minimum Gasteiger partial charge on any atom is -0.392 e. The molecule has 2 atom stereocenters. The topological polar surface area (TPSA) is 136 Å². The molecule has 1 fully saturated rings. The van der Waals surface area contributed by atoms with Gasteiger partial charge in [-0.1, -0.05) is 22.8 Å². The Balaban J connectivity index is 1.99. The number of benzene rings is 1. The number of azide groups is 1. The zero-order valence-corrected chi connectivity index (χ0v) is 18.6. The minimum absolute atomic E-state index is 0.0591. The zero-order valence-electron chi connectivity index (χ0n) is 17.8. The van der Waals surface area contributed by atoms with Gasteiger partial charge in [0.05, 0.1) is 13.2 Å². The fraction of sp³-hybridized carbons (Fsp3) is 0.550. The molecule has 1 aromatic rings. The Labute approximate surface area is 181 Å². The van der Waals surface area contributed by atoms with E-state index in [1.165, 1.54) is 19.1 Å². The monoisotopic (exact) mass is 453 g/mol. The number of anilines is 1. The highest BCUT2D eigenvalue weighted by atomic mass is 31.2. The van der Waals surface area contributed by atoms with Crippen molar-refractivity contribution < 1.29 is 23.4 Å². The number of nitrogens with one attached hydrogen (secondary N) is 2. The smallest absolute Gasteiger partial charge is 0.270 e. The first-order chi connectivity index (χ1) is 14.8. The van der Waals surface area contributed by atoms with Crippen LogP contribution in [0.1, 0.15) is 38.7 Å². The van der Waals surface area contributed by atoms with Gasteiger partial charge in [-0.2, -0.15) is 0 Å². The predicted molar refractivity (Wildman–Crippen MR) is 117 cm³/mol. The third kappa shape index (κ3) is 8.81. The number of nitrogens with zero attached hydrogens (tertiary/aromatic N) is 3. The molecule has 9 nitrogen and oxygen atoms in total. The number of rotatable bonds is 13. The second-order valence-corrected chi connectivity index (χ2v) is 10.0. The molecule has 0 spiro atoms. The molecule has 0 aromatic heterocycles. The summed E-state index contributed by atoms with van der Waals surface area (Å²) < 4.78 is 33.3. The fourth-order valence-corrected chi connectivity index (χ4v) is 4.35. The van der Waals surface area contributed by atoms with Gasteiger partial charge in [0.25, 0.3) is 7.52 Å². The number of carbonyl (C=O) groups is 1. The van der Waals surface area contributed by atoms with Crippen molar-refractivity contribution in [2.75, 3.05) is 24.6 Å². The molecule has 2 rings (SSSR count). The molecule has 1 amide bonds. The molecule has 0 aliphatic heterocycles. The van der Waals surface area contributed by atoms with Gasteiger partial charge >= 0.3 is 0 Å². The van der Waals surface area contributed by atoms with Crippen molar-refractivity contribution >= 4 is 19.1 Å². The lowest BCUT2D eigenvalue weighted by Gasteiger charge is -2.20. The first-order valence-corrected chi connectivity index (χ1v) is 12.0. The summed E-state index contributed by atoms with van der Waals surface area (Å²) in [5, 5.41) is 17.9. The molecular weight excluding hydrogens is 424 g/mol. The van der Waals surface area contributed by atoms with E-state index in [4.69, 9.17) is 15.2 Å². The molecule has 1 aromatic carbocycles. The van der Waals surface area contributed by atoms with Gasteiger partial charge in [0.15, 0.2) is 0 Å². The average molecular weight is 453 g/mol. The summed E-state index contributed by atoms with van der Waals surface area (Å²) in [7, 11) is -3.20. The molecule has 1 aliphatic rings. The summed E-state index contributed by atoms with van der Waals surface area (Å²) in [5.74, 6) is -0.667. The lowest BCUT2D eigenvalue weighted by atomic mass is 10.2. The molecule has 170 valence electrons. The highest BCUT2D eigenvalue weighted by Crippen LogP contribution is 2.45. The van der Waals surface area contributed by atoms with E-state index in [2.05, 4.69) is 20.4 Å². The Morgan fingerprint density at radius 3 is 2.87 bits per heavy atom. The SMILES string of the molecule is C/C(=C\CCP(=O)(NCC1CC1)OCc1ccc(NC(=O)[C@H](C)N=[N+]=[N-])cc1F)CO. The molecule has 0 saturated heterocycles. The normalized spacial score (nSPS) is 16.8. The number of hydrogen-bond donors (Lipinski definition) is 3. The fourth-order valence-electron chi connectivity index (χ4n) is 2.62. The van der Waals surface area contributed by atoms with Crippen LogP contribution >= 0.6 is 7.52 Å². The Kier molecular flexibility index (Phi) is 9.68. The second kappa shape index (κ2) is 12.0. The van der Waals surface area contributed by atoms with Gasteiger partial charge < -0.3 is 14.9 Å². The van der Waals surface area contributed by atoms with Crippen LogP contribution in [0.5, 0.6) is 0 Å². The van der Waals surface area contributed by atoms with Crippen molar-refractivity contribution in [1.29, 1.82) is 0 Å². The molecule has 1 unspecified atom stereocenters. The van der Waals surface area contributed by atoms with Gasteiger partial charge in [-0.3, -0.25) is 9.36 Å². The van der Waals surface area contributed by atoms with E-state index in [1.54, 1.807) is 6.92 Å². The average Bonchev–Trinajstić information content (AvgIpc) is 3.56. The van der Waals surface area contributed by atoms with Gasteiger partial charge in [0.2, 0.25) is 5.91 Å². The summed E-state index contributed by atoms with van der Waals surface area (Å²) in [6.45, 7) is 3.56. The Morgan fingerprint density at radius 1 is 1.52 bits per heavy atom. The first kappa shape index (κ1) is 25.0. The van der Waals surface area contributed by atoms with Crippen LogP contribution in [0.2, 0.25) is 0 Å². The van der Waals surface area contributed by atoms with Crippen molar-refractivity contribution in [3.63, 3.8) is 0 Å². The molecule has 1 aliphatic carbocycles. The van der Waals surface area contributed by atoms with Crippen molar-refractivity contribution in [2.24, 2.45) is 11.0 Å². The summed E-state index contributed by atoms with van der Waals surface area (Å²) >= 11 is 0. The van der Waals surface area contributed by atoms with Gasteiger partial charge in [0, 0.05) is 28.9 Å². The Morgan fingerprint density at radius 2 is 2.26 bits per heavy atom. The van der Waals surface area contributed by atoms with E-state index in [-0.39, 0.29) is 30.6 Å². The van der Waals surface area contributed by atoms with E-state index < -0.39 is 25.3 Å². The Bertz CT molecular complexity index is 900. The molecule has 1 saturated carbocycles. The highest BCUT2D eigenvalue weighted by molar-refractivity contribution is 7.56. The van der Waals surface area contributed by atoms with E-state index >= 15 is 0 Å². The van der Waals surface area contributed by atoms with Gasteiger partial charge in [-0.15, -0.1) is 0 Å². The highest BCUT2D eigenvalue weighted by Gasteiger charge is 2.28. The van der Waals surface area contributed by atoms with E-state index in [0.717, 1.165) is 24.5 Å². The molecule has 0 radical (unpaired) electrons. The maximum Gasteiger partial charge on any atom is 0.270 e. The van der Waals surface area contributed by atoms with E-state index in [0.29, 0.717) is 18.9 Å². The van der Waals surface area contributed by atoms with Crippen molar-refractivity contribution in [1.82, 2.24) is 5.09 Å². The number of carbonyl (C=O) groups excluding carboxylic acids is 1. The van der Waals surface area contributed by atoms with Crippen LogP contribution in [0.3, 0.4) is 0 Å². The molecule has 3 N–H and O–H groups in total. The first-order valence-electron chi connectivity index (χ1n) is 10.1. The number of allylic oxidation sites excluding steroid dienone is 1. The number of halogens is 1. The lowest BCUT2D eigenvalue weighted by molar-refractivity contribution is -0.117. The number of amides is 1. The molecule has 0 bridgehead atoms. The standard InChI is InChI=1S/C20H29FN5O4P/c1-14(12-27)4-3-9-31(29,23-11-16-5-6-16)30-13-17-7-8-18(10-19(17)21)24-20(28)15(2)25-26-22/h4,7-8,10,15-16,27H,3,5-6,9,11-13H2,1-2H3,(H,23,29)(H,24,28)/b14-4+/t15-,31?/m0/s1. The maximum absolute atomic E-state index is 14.5. The molecule has 31 heavy (non-hydrogen) atoms. The lowest BCUT2D eigenvalue weighted by Crippen LogP contribution is -2.23. The van der Waals surface area contributed by atoms with E-state index in [1.807, 2.05) is 6.08 Å². The molecular formula is C20H29FN5O4P. The van der Waals surface area contributed by atoms with Gasteiger partial charge in [0.1, 0.15) is 11.9 Å². The number of aliphatic hydroxyl groups excluding tert-OH is 1. The van der Waals surface area contributed by atoms with Crippen molar-refractivity contribution in [3.8, 4) is 0 Å². The number of hydrogen-bond acceptors (Lipinski definition) is 5. The van der Waals surface area contributed by atoms with Crippen molar-refractivity contribution in [2.45, 2.75) is 45.8 Å². The largest absolute Gasteiger partial charge is 0.392 e. The van der Waals surface area contributed by atoms with Crippen LogP contribution in [0.4, 0.5) is 10.1 Å². The van der Waals surface area contributed by atoms with E-state index in [9.17, 15) is 13.8 Å². The minimum atomic E-state index is -3.20. The third-order valence-corrected chi connectivity index (χ3v) is 6.89. The summed E-state index contributed by atoms with van der Waals surface area (Å²) in [6.07, 6.45) is 4.71. The van der Waals surface area contributed by atoms with Crippen LogP contribution in [0.15, 0.2) is 35.0 Å². The van der Waals surface area contributed by atoms with Crippen LogP contribution in [0, 0.1) is 11.7 Å². The third-order valence-electron chi connectivity index (χ3n) is 4.84.